The molecule has 1 aliphatic carbocycles. The maximum absolute atomic E-state index is 3.99. The van der Waals surface area contributed by atoms with Crippen LogP contribution in [-0.2, 0) is 6.54 Å². The largest absolute Gasteiger partial charge is 0.310 e. The minimum atomic E-state index is 0.740. The molecule has 2 rings (SSSR count). The summed E-state index contributed by atoms with van der Waals surface area (Å²) in [5.41, 5.74) is 2.47. The van der Waals surface area contributed by atoms with Crippen LogP contribution in [0.3, 0.4) is 0 Å². The molecule has 3 heteroatoms. The monoisotopic (exact) mass is 179 g/mol. The Hall–Kier alpha value is -0.830. The SMILES string of the molecule is Cc1[nH]ncc1CNC1CC(C)C1. The van der Waals surface area contributed by atoms with E-state index in [0.717, 1.165) is 18.5 Å². The van der Waals surface area contributed by atoms with E-state index in [-0.39, 0.29) is 0 Å². The average molecular weight is 179 g/mol. The van der Waals surface area contributed by atoms with Crippen LogP contribution in [0.15, 0.2) is 6.20 Å². The fraction of sp³-hybridized carbons (Fsp3) is 0.700. The van der Waals surface area contributed by atoms with Crippen molar-refractivity contribution in [3.05, 3.63) is 17.5 Å². The van der Waals surface area contributed by atoms with E-state index in [1.807, 2.05) is 6.20 Å². The zero-order valence-corrected chi connectivity index (χ0v) is 8.30. The summed E-state index contributed by atoms with van der Waals surface area (Å²) in [7, 11) is 0. The molecular weight excluding hydrogens is 162 g/mol. The molecule has 1 fully saturated rings. The second-order valence-electron chi connectivity index (χ2n) is 4.17. The van der Waals surface area contributed by atoms with E-state index in [1.54, 1.807) is 0 Å². The van der Waals surface area contributed by atoms with Gasteiger partial charge in [0.2, 0.25) is 0 Å². The van der Waals surface area contributed by atoms with Gasteiger partial charge in [0.15, 0.2) is 0 Å². The van der Waals surface area contributed by atoms with Crippen LogP contribution >= 0.6 is 0 Å². The molecule has 1 saturated carbocycles. The predicted molar refractivity (Wildman–Crippen MR) is 52.4 cm³/mol. The van der Waals surface area contributed by atoms with Crippen molar-refractivity contribution in [3.63, 3.8) is 0 Å². The van der Waals surface area contributed by atoms with E-state index in [2.05, 4.69) is 29.4 Å². The summed E-state index contributed by atoms with van der Waals surface area (Å²) < 4.78 is 0. The predicted octanol–water partition coefficient (Wildman–Crippen LogP) is 1.61. The third kappa shape index (κ3) is 1.91. The van der Waals surface area contributed by atoms with Crippen LogP contribution in [0.1, 0.15) is 31.0 Å². The van der Waals surface area contributed by atoms with E-state index in [0.29, 0.717) is 0 Å². The highest BCUT2D eigenvalue weighted by atomic mass is 15.1. The van der Waals surface area contributed by atoms with Gasteiger partial charge in [-0.1, -0.05) is 6.92 Å². The number of hydrogen-bond donors (Lipinski definition) is 2. The topological polar surface area (TPSA) is 40.7 Å². The summed E-state index contributed by atoms with van der Waals surface area (Å²) in [6.45, 7) is 5.33. The van der Waals surface area contributed by atoms with Gasteiger partial charge in [-0.3, -0.25) is 5.10 Å². The summed E-state index contributed by atoms with van der Waals surface area (Å²) >= 11 is 0. The Bertz CT molecular complexity index is 273. The highest BCUT2D eigenvalue weighted by Gasteiger charge is 2.24. The zero-order valence-electron chi connectivity index (χ0n) is 8.30. The molecule has 3 nitrogen and oxygen atoms in total. The van der Waals surface area contributed by atoms with E-state index >= 15 is 0 Å². The molecule has 2 N–H and O–H groups in total. The number of rotatable bonds is 3. The van der Waals surface area contributed by atoms with Crippen molar-refractivity contribution in [1.82, 2.24) is 15.5 Å². The van der Waals surface area contributed by atoms with Gasteiger partial charge in [-0.2, -0.15) is 5.10 Å². The second-order valence-corrected chi connectivity index (χ2v) is 4.17. The van der Waals surface area contributed by atoms with Crippen LogP contribution < -0.4 is 5.32 Å². The summed E-state index contributed by atoms with van der Waals surface area (Å²) in [5, 5.41) is 10.5. The van der Waals surface area contributed by atoms with Gasteiger partial charge in [0.1, 0.15) is 0 Å². The van der Waals surface area contributed by atoms with Gasteiger partial charge in [0.05, 0.1) is 6.20 Å². The van der Waals surface area contributed by atoms with Crippen LogP contribution in [-0.4, -0.2) is 16.2 Å². The van der Waals surface area contributed by atoms with Crippen molar-refractivity contribution < 1.29 is 0 Å². The molecule has 0 bridgehead atoms. The smallest absolute Gasteiger partial charge is 0.0535 e. The van der Waals surface area contributed by atoms with Crippen LogP contribution in [0.5, 0.6) is 0 Å². The number of H-pyrrole nitrogens is 1. The number of aryl methyl sites for hydroxylation is 1. The van der Waals surface area contributed by atoms with Crippen LogP contribution in [0.4, 0.5) is 0 Å². The van der Waals surface area contributed by atoms with E-state index in [4.69, 9.17) is 0 Å². The van der Waals surface area contributed by atoms with Gasteiger partial charge in [-0.05, 0) is 25.7 Å². The van der Waals surface area contributed by atoms with Gasteiger partial charge in [0.25, 0.3) is 0 Å². The summed E-state index contributed by atoms with van der Waals surface area (Å²) in [4.78, 5) is 0. The summed E-state index contributed by atoms with van der Waals surface area (Å²) in [5.74, 6) is 0.919. The zero-order chi connectivity index (χ0) is 9.26. The Kier molecular flexibility index (Phi) is 2.36. The minimum absolute atomic E-state index is 0.740. The third-order valence-corrected chi connectivity index (χ3v) is 2.89. The quantitative estimate of drug-likeness (QED) is 0.740. The fourth-order valence-electron chi connectivity index (χ4n) is 1.88. The lowest BCUT2D eigenvalue weighted by Gasteiger charge is -2.33. The molecule has 0 atom stereocenters. The highest BCUT2D eigenvalue weighted by Crippen LogP contribution is 2.26. The molecule has 1 aromatic heterocycles. The number of aromatic amines is 1. The van der Waals surface area contributed by atoms with Crippen molar-refractivity contribution in [3.8, 4) is 0 Å². The number of nitrogens with one attached hydrogen (secondary N) is 2. The van der Waals surface area contributed by atoms with Gasteiger partial charge in [0, 0.05) is 23.8 Å². The molecule has 0 aromatic carbocycles. The Morgan fingerprint density at radius 1 is 1.62 bits per heavy atom. The van der Waals surface area contributed by atoms with E-state index < -0.39 is 0 Å². The van der Waals surface area contributed by atoms with Crippen LogP contribution in [0.25, 0.3) is 0 Å². The normalized spacial score (nSPS) is 27.2. The third-order valence-electron chi connectivity index (χ3n) is 2.89. The highest BCUT2D eigenvalue weighted by molar-refractivity contribution is 5.14. The number of aromatic nitrogens is 2. The van der Waals surface area contributed by atoms with Gasteiger partial charge in [-0.25, -0.2) is 0 Å². The molecule has 0 spiro atoms. The van der Waals surface area contributed by atoms with Crippen molar-refractivity contribution in [2.45, 2.75) is 39.3 Å². The first-order valence-corrected chi connectivity index (χ1v) is 4.98. The van der Waals surface area contributed by atoms with Crippen molar-refractivity contribution in [1.29, 1.82) is 0 Å². The maximum Gasteiger partial charge on any atom is 0.0535 e. The minimum Gasteiger partial charge on any atom is -0.310 e. The first kappa shape index (κ1) is 8.75. The van der Waals surface area contributed by atoms with Crippen molar-refractivity contribution >= 4 is 0 Å². The van der Waals surface area contributed by atoms with Gasteiger partial charge >= 0.3 is 0 Å². The molecule has 0 saturated heterocycles. The van der Waals surface area contributed by atoms with Crippen LogP contribution in [0, 0.1) is 12.8 Å². The van der Waals surface area contributed by atoms with Gasteiger partial charge in [-0.15, -0.1) is 0 Å². The molecule has 1 heterocycles. The molecule has 0 unspecified atom stereocenters. The number of hydrogen-bond acceptors (Lipinski definition) is 2. The molecule has 72 valence electrons. The standard InChI is InChI=1S/C10H17N3/c1-7-3-10(4-7)11-5-9-6-12-13-8(9)2/h6-7,10-11H,3-5H2,1-2H3,(H,12,13). The molecule has 1 aromatic rings. The van der Waals surface area contributed by atoms with Gasteiger partial charge < -0.3 is 5.32 Å². The lowest BCUT2D eigenvalue weighted by atomic mass is 9.82. The Morgan fingerprint density at radius 3 is 2.92 bits per heavy atom. The number of nitrogens with zero attached hydrogens (tertiary/aromatic N) is 1. The molecule has 0 amide bonds. The van der Waals surface area contributed by atoms with Crippen molar-refractivity contribution in [2.75, 3.05) is 0 Å². The molecule has 0 aliphatic heterocycles. The fourth-order valence-corrected chi connectivity index (χ4v) is 1.88. The second kappa shape index (κ2) is 3.50. The van der Waals surface area contributed by atoms with Crippen molar-refractivity contribution in [2.24, 2.45) is 5.92 Å². The Labute approximate surface area is 78.9 Å². The lowest BCUT2D eigenvalue weighted by Crippen LogP contribution is -2.39. The molecular formula is C10H17N3. The van der Waals surface area contributed by atoms with Crippen LogP contribution in [0.2, 0.25) is 0 Å². The average Bonchev–Trinajstić information content (AvgIpc) is 2.43. The first-order chi connectivity index (χ1) is 6.25. The van der Waals surface area contributed by atoms with E-state index in [1.165, 1.54) is 24.1 Å². The first-order valence-electron chi connectivity index (χ1n) is 4.98. The lowest BCUT2D eigenvalue weighted by molar-refractivity contribution is 0.240. The molecule has 1 aliphatic rings. The Balaban J connectivity index is 1.77. The Morgan fingerprint density at radius 2 is 2.38 bits per heavy atom. The van der Waals surface area contributed by atoms with E-state index in [9.17, 15) is 0 Å². The summed E-state index contributed by atoms with van der Waals surface area (Å²) in [6.07, 6.45) is 4.57. The maximum atomic E-state index is 3.99. The molecule has 13 heavy (non-hydrogen) atoms. The molecule has 0 radical (unpaired) electrons. The summed E-state index contributed by atoms with van der Waals surface area (Å²) in [6, 6.07) is 0.740.